The highest BCUT2D eigenvalue weighted by atomic mass is 35.5. The van der Waals surface area contributed by atoms with Crippen LogP contribution in [0.15, 0.2) is 48.5 Å². The Morgan fingerprint density at radius 3 is 2.61 bits per heavy atom. The van der Waals surface area contributed by atoms with Crippen molar-refractivity contribution in [3.63, 3.8) is 0 Å². The molecule has 0 saturated carbocycles. The fourth-order valence-electron chi connectivity index (χ4n) is 2.83. The molecule has 2 aromatic carbocycles. The van der Waals surface area contributed by atoms with Crippen LogP contribution in [0.2, 0.25) is 5.02 Å². The van der Waals surface area contributed by atoms with Gasteiger partial charge >= 0.3 is 0 Å². The summed E-state index contributed by atoms with van der Waals surface area (Å²) in [6.45, 7) is 2.01. The quantitative estimate of drug-likeness (QED) is 0.749. The van der Waals surface area contributed by atoms with Gasteiger partial charge in [-0.15, -0.1) is 0 Å². The molecule has 0 amide bonds. The van der Waals surface area contributed by atoms with Gasteiger partial charge in [0.25, 0.3) is 0 Å². The average molecular weight is 258 g/mol. The number of rotatable bonds is 1. The minimum atomic E-state index is 0.383. The van der Waals surface area contributed by atoms with Crippen LogP contribution in [0, 0.1) is 0 Å². The zero-order valence-electron chi connectivity index (χ0n) is 10.4. The van der Waals surface area contributed by atoms with Crippen molar-refractivity contribution in [1.29, 1.82) is 0 Å². The number of likely N-dealkylation sites (N-methyl/N-ethyl adjacent to an activating group) is 1. The first-order chi connectivity index (χ1) is 8.75. The highest BCUT2D eigenvalue weighted by molar-refractivity contribution is 6.31. The first-order valence-electron chi connectivity index (χ1n) is 6.26. The number of nitrogens with zero attached hydrogens (tertiary/aromatic N) is 1. The van der Waals surface area contributed by atoms with E-state index in [4.69, 9.17) is 11.6 Å². The molecule has 1 unspecified atom stereocenters. The summed E-state index contributed by atoms with van der Waals surface area (Å²) in [4.78, 5) is 2.36. The predicted octanol–water partition coefficient (Wildman–Crippen LogP) is 3.92. The Kier molecular flexibility index (Phi) is 3.11. The van der Waals surface area contributed by atoms with Gasteiger partial charge in [0, 0.05) is 24.0 Å². The molecule has 92 valence electrons. The molecule has 0 aromatic heterocycles. The molecule has 2 heteroatoms. The summed E-state index contributed by atoms with van der Waals surface area (Å²) in [5.41, 5.74) is 4.01. The molecule has 0 saturated heterocycles. The maximum atomic E-state index is 6.42. The van der Waals surface area contributed by atoms with Gasteiger partial charge in [-0.25, -0.2) is 0 Å². The van der Waals surface area contributed by atoms with Crippen molar-refractivity contribution < 1.29 is 0 Å². The Labute approximate surface area is 113 Å². The first kappa shape index (κ1) is 11.8. The second-order valence-corrected chi connectivity index (χ2v) is 5.38. The average Bonchev–Trinajstić information content (AvgIpc) is 2.39. The Morgan fingerprint density at radius 2 is 1.83 bits per heavy atom. The van der Waals surface area contributed by atoms with E-state index in [9.17, 15) is 0 Å². The summed E-state index contributed by atoms with van der Waals surface area (Å²) in [6.07, 6.45) is 0. The third kappa shape index (κ3) is 2.05. The summed E-state index contributed by atoms with van der Waals surface area (Å²) in [7, 11) is 2.17. The molecule has 1 aliphatic rings. The molecule has 0 bridgehead atoms. The molecular weight excluding hydrogens is 242 g/mol. The van der Waals surface area contributed by atoms with Crippen molar-refractivity contribution in [2.75, 3.05) is 13.6 Å². The Balaban J connectivity index is 2.13. The molecule has 2 aromatic rings. The Hall–Kier alpha value is -1.31. The number of halogens is 1. The Morgan fingerprint density at radius 1 is 1.06 bits per heavy atom. The third-order valence-electron chi connectivity index (χ3n) is 3.63. The van der Waals surface area contributed by atoms with Crippen molar-refractivity contribution in [2.45, 2.75) is 12.5 Å². The van der Waals surface area contributed by atoms with Crippen LogP contribution in [0.1, 0.15) is 22.6 Å². The minimum Gasteiger partial charge on any atom is -0.301 e. The molecular formula is C16H16ClN. The fourth-order valence-corrected chi connectivity index (χ4v) is 3.15. The van der Waals surface area contributed by atoms with Gasteiger partial charge in [0.05, 0.1) is 0 Å². The van der Waals surface area contributed by atoms with Crippen molar-refractivity contribution in [3.8, 4) is 0 Å². The molecule has 0 radical (unpaired) electrons. The maximum Gasteiger partial charge on any atom is 0.0447 e. The molecule has 0 fully saturated rings. The summed E-state index contributed by atoms with van der Waals surface area (Å²) >= 11 is 6.42. The Bertz CT molecular complexity index is 550. The zero-order chi connectivity index (χ0) is 12.5. The number of hydrogen-bond acceptors (Lipinski definition) is 1. The van der Waals surface area contributed by atoms with Crippen LogP contribution in [0.3, 0.4) is 0 Å². The van der Waals surface area contributed by atoms with Crippen LogP contribution >= 0.6 is 11.6 Å². The van der Waals surface area contributed by atoms with E-state index in [1.807, 2.05) is 12.1 Å². The molecule has 1 aliphatic heterocycles. The summed E-state index contributed by atoms with van der Waals surface area (Å²) in [5.74, 6) is 0.383. The molecule has 1 heterocycles. The second-order valence-electron chi connectivity index (χ2n) is 4.97. The van der Waals surface area contributed by atoms with Crippen LogP contribution in [-0.4, -0.2) is 18.5 Å². The van der Waals surface area contributed by atoms with Gasteiger partial charge in [0.1, 0.15) is 0 Å². The van der Waals surface area contributed by atoms with Gasteiger partial charge in [-0.1, -0.05) is 54.1 Å². The van der Waals surface area contributed by atoms with E-state index < -0.39 is 0 Å². The standard InChI is InChI=1S/C16H16ClN/c1-18-10-13-8-5-9-15(17)16(13)14(11-18)12-6-3-2-4-7-12/h2-9,14H,10-11H2,1H3. The lowest BCUT2D eigenvalue weighted by Crippen LogP contribution is -2.31. The van der Waals surface area contributed by atoms with Crippen molar-refractivity contribution >= 4 is 11.6 Å². The van der Waals surface area contributed by atoms with Crippen LogP contribution in [0.5, 0.6) is 0 Å². The van der Waals surface area contributed by atoms with E-state index >= 15 is 0 Å². The molecule has 1 nitrogen and oxygen atoms in total. The zero-order valence-corrected chi connectivity index (χ0v) is 11.2. The molecule has 0 aliphatic carbocycles. The smallest absolute Gasteiger partial charge is 0.0447 e. The van der Waals surface area contributed by atoms with Crippen LogP contribution in [0.25, 0.3) is 0 Å². The lowest BCUT2D eigenvalue weighted by Gasteiger charge is -2.33. The SMILES string of the molecule is CN1Cc2cccc(Cl)c2C(c2ccccc2)C1. The van der Waals surface area contributed by atoms with E-state index in [-0.39, 0.29) is 0 Å². The summed E-state index contributed by atoms with van der Waals surface area (Å²) < 4.78 is 0. The van der Waals surface area contributed by atoms with Gasteiger partial charge in [-0.2, -0.15) is 0 Å². The van der Waals surface area contributed by atoms with E-state index in [0.717, 1.165) is 18.1 Å². The summed E-state index contributed by atoms with van der Waals surface area (Å²) in [5, 5.41) is 0.898. The molecule has 18 heavy (non-hydrogen) atoms. The van der Waals surface area contributed by atoms with Gasteiger partial charge in [0.15, 0.2) is 0 Å². The number of hydrogen-bond donors (Lipinski definition) is 0. The second kappa shape index (κ2) is 4.75. The molecule has 0 spiro atoms. The van der Waals surface area contributed by atoms with Crippen LogP contribution < -0.4 is 0 Å². The highest BCUT2D eigenvalue weighted by Gasteiger charge is 2.26. The first-order valence-corrected chi connectivity index (χ1v) is 6.64. The highest BCUT2D eigenvalue weighted by Crippen LogP contribution is 2.37. The van der Waals surface area contributed by atoms with Gasteiger partial charge < -0.3 is 4.90 Å². The fraction of sp³-hybridized carbons (Fsp3) is 0.250. The molecule has 0 N–H and O–H groups in total. The number of fused-ring (bicyclic) bond motifs is 1. The van der Waals surface area contributed by atoms with E-state index in [1.54, 1.807) is 0 Å². The van der Waals surface area contributed by atoms with Gasteiger partial charge in [0.2, 0.25) is 0 Å². The normalized spacial score (nSPS) is 19.6. The lowest BCUT2D eigenvalue weighted by molar-refractivity contribution is 0.295. The van der Waals surface area contributed by atoms with Crippen molar-refractivity contribution in [1.82, 2.24) is 4.90 Å². The monoisotopic (exact) mass is 257 g/mol. The van der Waals surface area contributed by atoms with Crippen molar-refractivity contribution in [3.05, 3.63) is 70.2 Å². The van der Waals surface area contributed by atoms with Gasteiger partial charge in [-0.3, -0.25) is 0 Å². The summed E-state index contributed by atoms with van der Waals surface area (Å²) in [6, 6.07) is 16.9. The van der Waals surface area contributed by atoms with Crippen LogP contribution in [-0.2, 0) is 6.54 Å². The van der Waals surface area contributed by atoms with E-state index in [0.29, 0.717) is 5.92 Å². The predicted molar refractivity (Wildman–Crippen MR) is 76.1 cm³/mol. The third-order valence-corrected chi connectivity index (χ3v) is 3.96. The van der Waals surface area contributed by atoms with E-state index in [2.05, 4.69) is 48.3 Å². The van der Waals surface area contributed by atoms with Crippen molar-refractivity contribution in [2.24, 2.45) is 0 Å². The topological polar surface area (TPSA) is 3.24 Å². The molecule has 3 rings (SSSR count). The minimum absolute atomic E-state index is 0.383. The molecule has 1 atom stereocenters. The largest absolute Gasteiger partial charge is 0.301 e. The van der Waals surface area contributed by atoms with Crippen LogP contribution in [0.4, 0.5) is 0 Å². The van der Waals surface area contributed by atoms with E-state index in [1.165, 1.54) is 16.7 Å². The van der Waals surface area contributed by atoms with Gasteiger partial charge in [-0.05, 0) is 29.8 Å². The lowest BCUT2D eigenvalue weighted by atomic mass is 9.85. The number of benzene rings is 2. The maximum absolute atomic E-state index is 6.42.